The summed E-state index contributed by atoms with van der Waals surface area (Å²) in [5.74, 6) is -0.337. The number of hydrogen-bond donors (Lipinski definition) is 0. The van der Waals surface area contributed by atoms with Gasteiger partial charge < -0.3 is 4.74 Å². The van der Waals surface area contributed by atoms with Crippen molar-refractivity contribution in [3.8, 4) is 0 Å². The van der Waals surface area contributed by atoms with Crippen LogP contribution in [0.2, 0.25) is 0 Å². The summed E-state index contributed by atoms with van der Waals surface area (Å²) < 4.78 is 5.66. The number of ether oxygens (including phenoxy) is 1. The molecule has 146 valence electrons. The number of carbonyl (C=O) groups excluding carboxylic acids is 2. The van der Waals surface area contributed by atoms with E-state index in [2.05, 4.69) is 0 Å². The Kier molecular flexibility index (Phi) is 7.44. The van der Waals surface area contributed by atoms with Crippen LogP contribution in [0.1, 0.15) is 38.8 Å². The second-order valence-electron chi connectivity index (χ2n) is 7.59. The van der Waals surface area contributed by atoms with Crippen molar-refractivity contribution in [2.24, 2.45) is 10.4 Å². The van der Waals surface area contributed by atoms with E-state index in [9.17, 15) is 9.59 Å². The molecule has 0 saturated heterocycles. The minimum absolute atomic E-state index is 0.337. The Morgan fingerprint density at radius 2 is 1.46 bits per heavy atom. The molecule has 0 bridgehead atoms. The maximum Gasteiger partial charge on any atom is 0.311 e. The molecule has 2 rings (SSSR count). The summed E-state index contributed by atoms with van der Waals surface area (Å²) >= 11 is 0. The van der Waals surface area contributed by atoms with Gasteiger partial charge in [0.05, 0.1) is 17.2 Å². The molecule has 0 aliphatic rings. The van der Waals surface area contributed by atoms with Crippen LogP contribution in [0.3, 0.4) is 0 Å². The SMILES string of the molecule is C[C@H](N=C(c1ccccc1)c1ccccc1)[C@H](/C=C\C=O)OC(=O)C(C)(C)C. The highest BCUT2D eigenvalue weighted by atomic mass is 16.5. The van der Waals surface area contributed by atoms with Crippen molar-refractivity contribution in [2.75, 3.05) is 0 Å². The molecule has 0 N–H and O–H groups in total. The van der Waals surface area contributed by atoms with Crippen LogP contribution < -0.4 is 0 Å². The molecule has 0 spiro atoms. The number of aliphatic imine (C=N–C) groups is 1. The van der Waals surface area contributed by atoms with Gasteiger partial charge >= 0.3 is 5.97 Å². The van der Waals surface area contributed by atoms with Gasteiger partial charge in [0, 0.05) is 11.1 Å². The fourth-order valence-electron chi connectivity index (χ4n) is 2.54. The Balaban J connectivity index is 2.42. The lowest BCUT2D eigenvalue weighted by Crippen LogP contribution is -2.33. The van der Waals surface area contributed by atoms with Gasteiger partial charge in [0.15, 0.2) is 0 Å². The molecule has 0 fully saturated rings. The van der Waals surface area contributed by atoms with E-state index in [1.54, 1.807) is 26.8 Å². The smallest absolute Gasteiger partial charge is 0.311 e. The highest BCUT2D eigenvalue weighted by Gasteiger charge is 2.28. The third kappa shape index (κ3) is 6.02. The number of esters is 1. The largest absolute Gasteiger partial charge is 0.455 e. The molecule has 0 radical (unpaired) electrons. The van der Waals surface area contributed by atoms with Crippen LogP contribution in [-0.4, -0.2) is 30.1 Å². The Morgan fingerprint density at radius 1 is 0.964 bits per heavy atom. The summed E-state index contributed by atoms with van der Waals surface area (Å²) in [5.41, 5.74) is 2.12. The van der Waals surface area contributed by atoms with Crippen LogP contribution in [0, 0.1) is 5.41 Å². The summed E-state index contributed by atoms with van der Waals surface area (Å²) in [6.07, 6.45) is 2.96. The molecule has 2 aromatic rings. The Labute approximate surface area is 167 Å². The number of rotatable bonds is 7. The first kappa shape index (κ1) is 21.3. The van der Waals surface area contributed by atoms with Gasteiger partial charge in [-0.25, -0.2) is 0 Å². The third-order valence-corrected chi connectivity index (χ3v) is 4.14. The Hall–Kier alpha value is -3.01. The van der Waals surface area contributed by atoms with Crippen LogP contribution in [0.5, 0.6) is 0 Å². The molecule has 0 saturated carbocycles. The van der Waals surface area contributed by atoms with Crippen molar-refractivity contribution in [3.05, 3.63) is 83.9 Å². The molecule has 4 nitrogen and oxygen atoms in total. The van der Waals surface area contributed by atoms with Crippen LogP contribution in [0.15, 0.2) is 77.8 Å². The van der Waals surface area contributed by atoms with E-state index in [0.29, 0.717) is 6.29 Å². The van der Waals surface area contributed by atoms with Gasteiger partial charge in [0.2, 0.25) is 0 Å². The van der Waals surface area contributed by atoms with Crippen LogP contribution in [-0.2, 0) is 14.3 Å². The number of allylic oxidation sites excluding steroid dienone is 1. The maximum atomic E-state index is 12.4. The summed E-state index contributed by atoms with van der Waals surface area (Å²) in [5, 5.41) is 0. The van der Waals surface area contributed by atoms with Crippen molar-refractivity contribution in [1.29, 1.82) is 0 Å². The van der Waals surface area contributed by atoms with Crippen LogP contribution in [0.25, 0.3) is 0 Å². The zero-order valence-electron chi connectivity index (χ0n) is 16.8. The molecule has 2 aromatic carbocycles. The second-order valence-corrected chi connectivity index (χ2v) is 7.59. The van der Waals surface area contributed by atoms with Gasteiger partial charge in [0.1, 0.15) is 12.4 Å². The van der Waals surface area contributed by atoms with Gasteiger partial charge in [-0.2, -0.15) is 0 Å². The van der Waals surface area contributed by atoms with Crippen LogP contribution in [0.4, 0.5) is 0 Å². The molecule has 2 atom stereocenters. The lowest BCUT2D eigenvalue weighted by atomic mass is 9.97. The molecule has 0 aromatic heterocycles. The zero-order chi connectivity index (χ0) is 20.6. The fourth-order valence-corrected chi connectivity index (χ4v) is 2.54. The van der Waals surface area contributed by atoms with Crippen molar-refractivity contribution in [2.45, 2.75) is 39.8 Å². The van der Waals surface area contributed by atoms with E-state index in [1.165, 1.54) is 6.08 Å². The minimum atomic E-state index is -0.640. The summed E-state index contributed by atoms with van der Waals surface area (Å²) in [4.78, 5) is 28.1. The average molecular weight is 377 g/mol. The normalized spacial score (nSPS) is 13.6. The quantitative estimate of drug-likeness (QED) is 0.306. The first-order chi connectivity index (χ1) is 13.3. The average Bonchev–Trinajstić information content (AvgIpc) is 2.69. The van der Waals surface area contributed by atoms with Crippen molar-refractivity contribution < 1.29 is 14.3 Å². The molecule has 0 aliphatic carbocycles. The molecular formula is C24H27NO3. The summed E-state index contributed by atoms with van der Waals surface area (Å²) in [7, 11) is 0. The van der Waals surface area contributed by atoms with Crippen LogP contribution >= 0.6 is 0 Å². The van der Waals surface area contributed by atoms with E-state index >= 15 is 0 Å². The number of nitrogens with zero attached hydrogens (tertiary/aromatic N) is 1. The lowest BCUT2D eigenvalue weighted by Gasteiger charge is -2.24. The lowest BCUT2D eigenvalue weighted by molar-refractivity contribution is -0.157. The van der Waals surface area contributed by atoms with Gasteiger partial charge in [0.25, 0.3) is 0 Å². The predicted octanol–water partition coefficient (Wildman–Crippen LogP) is 4.63. The standard InChI is InChI=1S/C24H27NO3/c1-18(21(16-11-17-26)28-23(27)24(2,3)4)25-22(19-12-7-5-8-13-19)20-14-9-6-10-15-20/h5-18,21H,1-4H3/b16-11-/t18-,21-/m0/s1. The first-order valence-electron chi connectivity index (χ1n) is 9.34. The molecule has 0 unspecified atom stereocenters. The van der Waals surface area contributed by atoms with Gasteiger partial charge in [-0.15, -0.1) is 0 Å². The number of hydrogen-bond acceptors (Lipinski definition) is 4. The molecule has 0 amide bonds. The van der Waals surface area contributed by atoms with E-state index < -0.39 is 11.5 Å². The van der Waals surface area contributed by atoms with Gasteiger partial charge in [-0.05, 0) is 39.8 Å². The molecule has 0 heterocycles. The van der Waals surface area contributed by atoms with Crippen molar-refractivity contribution in [3.63, 3.8) is 0 Å². The summed E-state index contributed by atoms with van der Waals surface area (Å²) in [6.45, 7) is 7.26. The zero-order valence-corrected chi connectivity index (χ0v) is 16.8. The van der Waals surface area contributed by atoms with E-state index in [1.807, 2.05) is 67.6 Å². The van der Waals surface area contributed by atoms with Gasteiger partial charge in [-0.3, -0.25) is 14.6 Å². The second kappa shape index (κ2) is 9.79. The Morgan fingerprint density at radius 3 is 1.89 bits per heavy atom. The number of carbonyl (C=O) groups is 2. The molecule has 28 heavy (non-hydrogen) atoms. The van der Waals surface area contributed by atoms with E-state index in [0.717, 1.165) is 16.8 Å². The van der Waals surface area contributed by atoms with Crippen molar-refractivity contribution in [1.82, 2.24) is 0 Å². The molecule has 0 aliphatic heterocycles. The highest BCUT2D eigenvalue weighted by Crippen LogP contribution is 2.20. The number of aldehydes is 1. The van der Waals surface area contributed by atoms with E-state index in [-0.39, 0.29) is 12.0 Å². The van der Waals surface area contributed by atoms with Gasteiger partial charge in [-0.1, -0.05) is 60.7 Å². The predicted molar refractivity (Wildman–Crippen MR) is 113 cm³/mol. The summed E-state index contributed by atoms with van der Waals surface area (Å²) in [6, 6.07) is 19.4. The molecular weight excluding hydrogens is 350 g/mol. The fraction of sp³-hybridized carbons (Fsp3) is 0.292. The highest BCUT2D eigenvalue weighted by molar-refractivity contribution is 6.13. The molecule has 4 heteroatoms. The first-order valence-corrected chi connectivity index (χ1v) is 9.34. The van der Waals surface area contributed by atoms with Crippen molar-refractivity contribution >= 4 is 18.0 Å². The maximum absolute atomic E-state index is 12.4. The Bertz CT molecular complexity index is 792. The monoisotopic (exact) mass is 377 g/mol. The topological polar surface area (TPSA) is 55.7 Å². The third-order valence-electron chi connectivity index (χ3n) is 4.14. The number of benzene rings is 2. The minimum Gasteiger partial charge on any atom is -0.455 e. The van der Waals surface area contributed by atoms with E-state index in [4.69, 9.17) is 9.73 Å².